The number of rotatable bonds is 19. The first-order valence-electron chi connectivity index (χ1n) is 13.1. The van der Waals surface area contributed by atoms with Crippen LogP contribution in [0.1, 0.15) is 130 Å². The summed E-state index contributed by atoms with van der Waals surface area (Å²) in [5, 5.41) is 7.13. The topological polar surface area (TPSA) is 45.8 Å². The fourth-order valence-corrected chi connectivity index (χ4v) is 5.11. The third-order valence-electron chi connectivity index (χ3n) is 7.02. The van der Waals surface area contributed by atoms with Gasteiger partial charge < -0.3 is 0 Å². The highest BCUT2D eigenvalue weighted by atomic mass is 19.1. The first-order chi connectivity index (χ1) is 15.0. The van der Waals surface area contributed by atoms with Gasteiger partial charge in [-0.25, -0.2) is 5.10 Å². The zero-order valence-electron chi connectivity index (χ0n) is 20.9. The molecule has 0 radical (unpaired) electrons. The Labute approximate surface area is 191 Å². The van der Waals surface area contributed by atoms with E-state index >= 15 is 0 Å². The second kappa shape index (κ2) is 16.4. The molecule has 1 aromatic rings. The van der Waals surface area contributed by atoms with E-state index in [1.165, 1.54) is 57.8 Å². The fraction of sp³-hybridized carbons (Fsp3) is 0.852. The van der Waals surface area contributed by atoms with Crippen LogP contribution in [0.5, 0.6) is 0 Å². The molecule has 0 saturated heterocycles. The van der Waals surface area contributed by atoms with Gasteiger partial charge in [-0.05, 0) is 37.2 Å². The van der Waals surface area contributed by atoms with E-state index in [9.17, 15) is 9.18 Å². The van der Waals surface area contributed by atoms with Gasteiger partial charge in [-0.15, -0.1) is 0 Å². The SMILES string of the molecule is CCCCC(CCCC)CC(C)(CCCCCC(CCC)CCF)c1ccc(=O)[nH]n1. The second-order valence-electron chi connectivity index (χ2n) is 9.95. The second-order valence-corrected chi connectivity index (χ2v) is 9.95. The summed E-state index contributed by atoms with van der Waals surface area (Å²) in [6.45, 7) is 8.91. The number of alkyl halides is 1. The summed E-state index contributed by atoms with van der Waals surface area (Å²) in [6.07, 6.45) is 17.6. The number of hydrogen-bond acceptors (Lipinski definition) is 2. The monoisotopic (exact) mass is 436 g/mol. The molecule has 2 atom stereocenters. The maximum atomic E-state index is 12.8. The molecule has 1 heterocycles. The molecule has 180 valence electrons. The molecule has 0 bridgehead atoms. The number of aromatic amines is 1. The molecule has 0 aliphatic heterocycles. The molecule has 3 nitrogen and oxygen atoms in total. The zero-order valence-corrected chi connectivity index (χ0v) is 20.9. The molecule has 31 heavy (non-hydrogen) atoms. The smallest absolute Gasteiger partial charge is 0.264 e. The van der Waals surface area contributed by atoms with E-state index in [-0.39, 0.29) is 17.6 Å². The van der Waals surface area contributed by atoms with Crippen LogP contribution < -0.4 is 5.56 Å². The van der Waals surface area contributed by atoms with Crippen molar-refractivity contribution in [3.8, 4) is 0 Å². The summed E-state index contributed by atoms with van der Waals surface area (Å²) in [7, 11) is 0. The molecule has 0 aliphatic carbocycles. The summed E-state index contributed by atoms with van der Waals surface area (Å²) < 4.78 is 12.8. The predicted molar refractivity (Wildman–Crippen MR) is 131 cm³/mol. The standard InChI is InChI=1S/C27H49FN2O/c1-5-8-14-24(15-9-6-2)22-27(4,25-17-18-26(31)30-29-25)20-12-10-11-16-23(13-7-3)19-21-28/h17-18,23-24H,5-16,19-22H2,1-4H3,(H,30,31). The minimum atomic E-state index is -0.183. The van der Waals surface area contributed by atoms with Gasteiger partial charge in [0.1, 0.15) is 0 Å². The van der Waals surface area contributed by atoms with Crippen molar-refractivity contribution >= 4 is 0 Å². The van der Waals surface area contributed by atoms with Crippen molar-refractivity contribution in [1.82, 2.24) is 10.2 Å². The highest BCUT2D eigenvalue weighted by Gasteiger charge is 2.31. The van der Waals surface area contributed by atoms with Crippen molar-refractivity contribution in [2.24, 2.45) is 11.8 Å². The average Bonchev–Trinajstić information content (AvgIpc) is 2.76. The predicted octanol–water partition coefficient (Wildman–Crippen LogP) is 8.14. The van der Waals surface area contributed by atoms with Crippen molar-refractivity contribution in [3.63, 3.8) is 0 Å². The number of hydrogen-bond donors (Lipinski definition) is 1. The first-order valence-corrected chi connectivity index (χ1v) is 13.1. The van der Waals surface area contributed by atoms with Crippen LogP contribution in [0.3, 0.4) is 0 Å². The van der Waals surface area contributed by atoms with Gasteiger partial charge in [-0.3, -0.25) is 9.18 Å². The molecule has 0 aromatic carbocycles. The molecule has 0 spiro atoms. The minimum absolute atomic E-state index is 0.00188. The third-order valence-corrected chi connectivity index (χ3v) is 7.02. The number of halogens is 1. The largest absolute Gasteiger partial charge is 0.268 e. The molecule has 0 fully saturated rings. The lowest BCUT2D eigenvalue weighted by Gasteiger charge is -2.33. The molecule has 0 saturated carbocycles. The quantitative estimate of drug-likeness (QED) is 0.222. The van der Waals surface area contributed by atoms with E-state index in [1.54, 1.807) is 6.07 Å². The Bertz CT molecular complexity index is 583. The Morgan fingerprint density at radius 2 is 1.55 bits per heavy atom. The van der Waals surface area contributed by atoms with Gasteiger partial charge in [0.25, 0.3) is 5.56 Å². The Kier molecular flexibility index (Phi) is 14.8. The van der Waals surface area contributed by atoms with Crippen LogP contribution >= 0.6 is 0 Å². The summed E-state index contributed by atoms with van der Waals surface area (Å²) >= 11 is 0. The van der Waals surface area contributed by atoms with Gasteiger partial charge >= 0.3 is 0 Å². The van der Waals surface area contributed by atoms with E-state index in [0.717, 1.165) is 50.1 Å². The Hall–Kier alpha value is -1.19. The van der Waals surface area contributed by atoms with Crippen molar-refractivity contribution in [1.29, 1.82) is 0 Å². The highest BCUT2D eigenvalue weighted by Crippen LogP contribution is 2.38. The molecule has 0 amide bonds. The summed E-state index contributed by atoms with van der Waals surface area (Å²) in [6, 6.07) is 3.56. The number of H-pyrrole nitrogens is 1. The Balaban J connectivity index is 2.76. The highest BCUT2D eigenvalue weighted by molar-refractivity contribution is 5.14. The van der Waals surface area contributed by atoms with Crippen LogP contribution in [0, 0.1) is 11.8 Å². The maximum absolute atomic E-state index is 12.8. The van der Waals surface area contributed by atoms with E-state index in [1.807, 2.05) is 6.07 Å². The summed E-state index contributed by atoms with van der Waals surface area (Å²) in [5.41, 5.74) is 0.902. The normalized spacial score (nSPS) is 14.6. The van der Waals surface area contributed by atoms with Crippen LogP contribution in [0.15, 0.2) is 16.9 Å². The molecule has 1 aromatic heterocycles. The molecular weight excluding hydrogens is 387 g/mol. The van der Waals surface area contributed by atoms with Gasteiger partial charge in [0.05, 0.1) is 12.4 Å². The van der Waals surface area contributed by atoms with Gasteiger partial charge in [0, 0.05) is 11.5 Å². The van der Waals surface area contributed by atoms with Crippen LogP contribution in [0.4, 0.5) is 4.39 Å². The first kappa shape index (κ1) is 27.8. The molecule has 4 heteroatoms. The lowest BCUT2D eigenvalue weighted by atomic mass is 9.72. The number of aromatic nitrogens is 2. The average molecular weight is 437 g/mol. The van der Waals surface area contributed by atoms with Crippen LogP contribution in [-0.2, 0) is 5.41 Å². The molecule has 0 aliphatic rings. The van der Waals surface area contributed by atoms with Crippen molar-refractivity contribution in [2.45, 2.75) is 129 Å². The molecule has 1 N–H and O–H groups in total. The molecular formula is C27H49FN2O. The Morgan fingerprint density at radius 3 is 2.10 bits per heavy atom. The molecule has 1 rings (SSSR count). The maximum Gasteiger partial charge on any atom is 0.264 e. The van der Waals surface area contributed by atoms with Gasteiger partial charge in [0.15, 0.2) is 0 Å². The minimum Gasteiger partial charge on any atom is -0.268 e. The van der Waals surface area contributed by atoms with Gasteiger partial charge in [-0.2, -0.15) is 5.10 Å². The van der Waals surface area contributed by atoms with E-state index in [0.29, 0.717) is 5.92 Å². The molecule has 2 unspecified atom stereocenters. The number of nitrogens with zero attached hydrogens (tertiary/aromatic N) is 1. The van der Waals surface area contributed by atoms with Crippen molar-refractivity contribution in [2.75, 3.05) is 6.67 Å². The lowest BCUT2D eigenvalue weighted by molar-refractivity contribution is 0.268. The van der Waals surface area contributed by atoms with E-state index in [4.69, 9.17) is 0 Å². The number of nitrogens with one attached hydrogen (secondary N) is 1. The van der Waals surface area contributed by atoms with Crippen LogP contribution in [0.25, 0.3) is 0 Å². The number of unbranched alkanes of at least 4 members (excludes halogenated alkanes) is 4. The fourth-order valence-electron chi connectivity index (χ4n) is 5.11. The van der Waals surface area contributed by atoms with Crippen molar-refractivity contribution in [3.05, 3.63) is 28.2 Å². The van der Waals surface area contributed by atoms with Crippen molar-refractivity contribution < 1.29 is 4.39 Å². The lowest BCUT2D eigenvalue weighted by Crippen LogP contribution is -2.29. The Morgan fingerprint density at radius 1 is 0.871 bits per heavy atom. The van der Waals surface area contributed by atoms with Gasteiger partial charge in [-0.1, -0.05) is 105 Å². The zero-order chi connectivity index (χ0) is 23.0. The summed E-state index contributed by atoms with van der Waals surface area (Å²) in [5.74, 6) is 1.27. The van der Waals surface area contributed by atoms with Crippen LogP contribution in [-0.4, -0.2) is 16.9 Å². The van der Waals surface area contributed by atoms with Gasteiger partial charge in [0.2, 0.25) is 0 Å². The van der Waals surface area contributed by atoms with E-state index < -0.39 is 0 Å². The third kappa shape index (κ3) is 11.3. The summed E-state index contributed by atoms with van der Waals surface area (Å²) in [4.78, 5) is 11.6. The van der Waals surface area contributed by atoms with Crippen LogP contribution in [0.2, 0.25) is 0 Å². The van der Waals surface area contributed by atoms with E-state index in [2.05, 4.69) is 37.9 Å².